The molecule has 0 bridgehead atoms. The number of allylic oxidation sites excluding steroid dienone is 1. The standard InChI is InChI=1S/C9H13ClO3/c1-3-4-5-6-13-9(12)8(10)7(2)11/h3,8H,1,4-6H2,2H3. The van der Waals surface area contributed by atoms with Gasteiger partial charge in [0, 0.05) is 0 Å². The summed E-state index contributed by atoms with van der Waals surface area (Å²) in [5.74, 6) is -1.06. The summed E-state index contributed by atoms with van der Waals surface area (Å²) in [6, 6.07) is 0. The molecule has 0 aromatic carbocycles. The average molecular weight is 205 g/mol. The molecule has 0 aromatic heterocycles. The molecule has 0 aliphatic heterocycles. The lowest BCUT2D eigenvalue weighted by Crippen LogP contribution is -2.24. The second-order valence-electron chi connectivity index (χ2n) is 2.57. The van der Waals surface area contributed by atoms with E-state index in [1.807, 2.05) is 0 Å². The third-order valence-corrected chi connectivity index (χ3v) is 1.85. The smallest absolute Gasteiger partial charge is 0.331 e. The van der Waals surface area contributed by atoms with Crippen LogP contribution < -0.4 is 0 Å². The van der Waals surface area contributed by atoms with E-state index in [2.05, 4.69) is 6.58 Å². The fraction of sp³-hybridized carbons (Fsp3) is 0.556. The Bertz CT molecular complexity index is 201. The second kappa shape index (κ2) is 6.66. The Labute approximate surface area is 82.7 Å². The van der Waals surface area contributed by atoms with Crippen molar-refractivity contribution < 1.29 is 14.3 Å². The van der Waals surface area contributed by atoms with Crippen LogP contribution in [-0.2, 0) is 14.3 Å². The monoisotopic (exact) mass is 204 g/mol. The molecule has 1 atom stereocenters. The highest BCUT2D eigenvalue weighted by molar-refractivity contribution is 6.40. The number of carbonyl (C=O) groups excluding carboxylic acids is 2. The number of hydrogen-bond acceptors (Lipinski definition) is 3. The zero-order chi connectivity index (χ0) is 10.3. The molecule has 74 valence electrons. The van der Waals surface area contributed by atoms with Crippen molar-refractivity contribution in [3.05, 3.63) is 12.7 Å². The van der Waals surface area contributed by atoms with Gasteiger partial charge in [0.1, 0.15) is 0 Å². The maximum atomic E-state index is 10.9. The van der Waals surface area contributed by atoms with Crippen LogP contribution in [0.1, 0.15) is 19.8 Å². The fourth-order valence-electron chi connectivity index (χ4n) is 0.640. The summed E-state index contributed by atoms with van der Waals surface area (Å²) in [5.41, 5.74) is 0. The van der Waals surface area contributed by atoms with E-state index in [1.165, 1.54) is 6.92 Å². The summed E-state index contributed by atoms with van der Waals surface area (Å²) in [4.78, 5) is 21.6. The van der Waals surface area contributed by atoms with Crippen LogP contribution in [0.15, 0.2) is 12.7 Å². The molecule has 13 heavy (non-hydrogen) atoms. The molecule has 3 nitrogen and oxygen atoms in total. The second-order valence-corrected chi connectivity index (χ2v) is 3.01. The number of Topliss-reactive ketones (excluding diaryl/α,β-unsaturated/α-hetero) is 1. The third-order valence-electron chi connectivity index (χ3n) is 1.36. The van der Waals surface area contributed by atoms with Gasteiger partial charge >= 0.3 is 5.97 Å². The van der Waals surface area contributed by atoms with E-state index in [1.54, 1.807) is 6.08 Å². The van der Waals surface area contributed by atoms with Gasteiger partial charge in [-0.3, -0.25) is 4.79 Å². The Kier molecular flexibility index (Phi) is 6.24. The normalized spacial score (nSPS) is 11.8. The molecule has 0 aliphatic carbocycles. The molecule has 1 unspecified atom stereocenters. The van der Waals surface area contributed by atoms with Gasteiger partial charge in [-0.2, -0.15) is 0 Å². The Morgan fingerprint density at radius 3 is 2.69 bits per heavy atom. The predicted molar refractivity (Wildman–Crippen MR) is 50.7 cm³/mol. The Hall–Kier alpha value is -0.830. The van der Waals surface area contributed by atoms with Crippen LogP contribution in [0, 0.1) is 0 Å². The van der Waals surface area contributed by atoms with Crippen LogP contribution >= 0.6 is 11.6 Å². The Balaban J connectivity index is 3.62. The Morgan fingerprint density at radius 2 is 2.23 bits per heavy atom. The molecule has 4 heteroatoms. The van der Waals surface area contributed by atoms with Crippen molar-refractivity contribution in [1.82, 2.24) is 0 Å². The first-order valence-corrected chi connectivity index (χ1v) is 4.45. The highest BCUT2D eigenvalue weighted by Gasteiger charge is 2.21. The van der Waals surface area contributed by atoms with Gasteiger partial charge in [0.05, 0.1) is 6.61 Å². The summed E-state index contributed by atoms with van der Waals surface area (Å²) in [6.07, 6.45) is 3.22. The molecule has 0 saturated heterocycles. The van der Waals surface area contributed by atoms with Crippen molar-refractivity contribution in [1.29, 1.82) is 0 Å². The number of unbranched alkanes of at least 4 members (excludes halogenated alkanes) is 1. The van der Waals surface area contributed by atoms with E-state index < -0.39 is 17.1 Å². The van der Waals surface area contributed by atoms with Crippen LogP contribution in [-0.4, -0.2) is 23.7 Å². The summed E-state index contributed by atoms with van der Waals surface area (Å²) < 4.78 is 4.73. The Morgan fingerprint density at radius 1 is 1.62 bits per heavy atom. The number of carbonyl (C=O) groups is 2. The molecule has 0 fully saturated rings. The lowest BCUT2D eigenvalue weighted by Gasteiger charge is -2.05. The van der Waals surface area contributed by atoms with Crippen molar-refractivity contribution in [3.8, 4) is 0 Å². The number of halogens is 1. The molecule has 0 aliphatic rings. The van der Waals surface area contributed by atoms with Crippen molar-refractivity contribution in [2.24, 2.45) is 0 Å². The van der Waals surface area contributed by atoms with E-state index in [0.717, 1.165) is 6.42 Å². The van der Waals surface area contributed by atoms with Crippen LogP contribution in [0.5, 0.6) is 0 Å². The SMILES string of the molecule is C=CCCCOC(=O)C(Cl)C(C)=O. The number of alkyl halides is 1. The molecule has 0 rings (SSSR count). The first-order valence-electron chi connectivity index (χ1n) is 4.01. The number of rotatable bonds is 6. The van der Waals surface area contributed by atoms with E-state index in [0.29, 0.717) is 6.42 Å². The van der Waals surface area contributed by atoms with Crippen LogP contribution in [0.2, 0.25) is 0 Å². The highest BCUT2D eigenvalue weighted by Crippen LogP contribution is 2.01. The topological polar surface area (TPSA) is 43.4 Å². The molecule has 0 saturated carbocycles. The molecule has 0 amide bonds. The minimum atomic E-state index is -1.16. The zero-order valence-corrected chi connectivity index (χ0v) is 8.34. The number of ether oxygens (including phenoxy) is 1. The number of hydrogen-bond donors (Lipinski definition) is 0. The van der Waals surface area contributed by atoms with Crippen LogP contribution in [0.3, 0.4) is 0 Å². The van der Waals surface area contributed by atoms with Gasteiger partial charge in [0.15, 0.2) is 11.2 Å². The maximum absolute atomic E-state index is 10.9. The summed E-state index contributed by atoms with van der Waals surface area (Å²) >= 11 is 5.43. The van der Waals surface area contributed by atoms with E-state index in [-0.39, 0.29) is 6.61 Å². The van der Waals surface area contributed by atoms with Gasteiger partial charge in [0.25, 0.3) is 0 Å². The third kappa shape index (κ3) is 5.42. The first-order chi connectivity index (χ1) is 6.09. The molecular formula is C9H13ClO3. The largest absolute Gasteiger partial charge is 0.464 e. The van der Waals surface area contributed by atoms with Gasteiger partial charge < -0.3 is 4.74 Å². The predicted octanol–water partition coefficient (Wildman–Crippen LogP) is 1.69. The lowest BCUT2D eigenvalue weighted by atomic mass is 10.3. The van der Waals surface area contributed by atoms with Gasteiger partial charge in [0.2, 0.25) is 0 Å². The van der Waals surface area contributed by atoms with Crippen molar-refractivity contribution >= 4 is 23.4 Å². The average Bonchev–Trinajstić information content (AvgIpc) is 2.10. The first kappa shape index (κ1) is 12.2. The van der Waals surface area contributed by atoms with Gasteiger partial charge in [-0.1, -0.05) is 6.08 Å². The molecule has 0 N–H and O–H groups in total. The van der Waals surface area contributed by atoms with Crippen molar-refractivity contribution in [2.75, 3.05) is 6.61 Å². The van der Waals surface area contributed by atoms with E-state index >= 15 is 0 Å². The van der Waals surface area contributed by atoms with Gasteiger partial charge in [-0.05, 0) is 19.8 Å². The molecule has 0 heterocycles. The minimum Gasteiger partial charge on any atom is -0.464 e. The molecule has 0 radical (unpaired) electrons. The van der Waals surface area contributed by atoms with Gasteiger partial charge in [-0.15, -0.1) is 18.2 Å². The zero-order valence-electron chi connectivity index (χ0n) is 7.59. The number of esters is 1. The number of ketones is 1. The van der Waals surface area contributed by atoms with Gasteiger partial charge in [-0.25, -0.2) is 4.79 Å². The van der Waals surface area contributed by atoms with Crippen molar-refractivity contribution in [3.63, 3.8) is 0 Å². The molecule has 0 aromatic rings. The van der Waals surface area contributed by atoms with Crippen LogP contribution in [0.25, 0.3) is 0 Å². The minimum absolute atomic E-state index is 0.279. The summed E-state index contributed by atoms with van der Waals surface area (Å²) in [5, 5.41) is -1.16. The highest BCUT2D eigenvalue weighted by atomic mass is 35.5. The van der Waals surface area contributed by atoms with E-state index in [9.17, 15) is 9.59 Å². The van der Waals surface area contributed by atoms with E-state index in [4.69, 9.17) is 16.3 Å². The summed E-state index contributed by atoms with van der Waals surface area (Å²) in [6.45, 7) is 5.05. The lowest BCUT2D eigenvalue weighted by molar-refractivity contribution is -0.145. The fourth-order valence-corrected chi connectivity index (χ4v) is 0.703. The molecule has 0 spiro atoms. The summed E-state index contributed by atoms with van der Waals surface area (Å²) in [7, 11) is 0. The quantitative estimate of drug-likeness (QED) is 0.217. The van der Waals surface area contributed by atoms with Crippen LogP contribution in [0.4, 0.5) is 0 Å². The maximum Gasteiger partial charge on any atom is 0.331 e. The van der Waals surface area contributed by atoms with Crippen molar-refractivity contribution in [2.45, 2.75) is 25.1 Å². The molecular weight excluding hydrogens is 192 g/mol.